The van der Waals surface area contributed by atoms with Crippen LogP contribution in [-0.2, 0) is 16.3 Å². The fourth-order valence-corrected chi connectivity index (χ4v) is 4.86. The number of aromatic nitrogens is 3. The van der Waals surface area contributed by atoms with Gasteiger partial charge in [-0.25, -0.2) is 17.9 Å². The molecule has 0 amide bonds. The molecule has 8 nitrogen and oxygen atoms in total. The summed E-state index contributed by atoms with van der Waals surface area (Å²) in [6, 6.07) is 19.2. The lowest BCUT2D eigenvalue weighted by Gasteiger charge is -2.34. The molecule has 2 aromatic heterocycles. The van der Waals surface area contributed by atoms with Gasteiger partial charge in [-0.2, -0.15) is 5.10 Å². The zero-order chi connectivity index (χ0) is 23.7. The summed E-state index contributed by atoms with van der Waals surface area (Å²) >= 11 is 0. The highest BCUT2D eigenvalue weighted by molar-refractivity contribution is 7.90. The maximum absolute atomic E-state index is 11.9. The number of hydrogen-bond acceptors (Lipinski definition) is 7. The molecule has 0 saturated carbocycles. The van der Waals surface area contributed by atoms with Crippen molar-refractivity contribution in [1.29, 1.82) is 0 Å². The molecule has 0 spiro atoms. The molecule has 1 fully saturated rings. The molecule has 0 atom stereocenters. The third-order valence-corrected chi connectivity index (χ3v) is 7.20. The molecule has 0 bridgehead atoms. The number of pyridine rings is 1. The van der Waals surface area contributed by atoms with Gasteiger partial charge in [-0.3, -0.25) is 0 Å². The number of nitrogens with zero attached hydrogens (tertiary/aromatic N) is 5. The summed E-state index contributed by atoms with van der Waals surface area (Å²) in [6.45, 7) is 4.20. The average Bonchev–Trinajstić information content (AvgIpc) is 3.23. The minimum atomic E-state index is -3.28. The van der Waals surface area contributed by atoms with E-state index in [0.717, 1.165) is 37.7 Å². The largest absolute Gasteiger partial charge is 0.369 e. The first kappa shape index (κ1) is 22.4. The number of anilines is 3. The number of hydrogen-bond donors (Lipinski definition) is 1. The molecule has 1 saturated heterocycles. The van der Waals surface area contributed by atoms with Gasteiger partial charge in [0, 0.05) is 56.4 Å². The Morgan fingerprint density at radius 1 is 0.971 bits per heavy atom. The Morgan fingerprint density at radius 2 is 1.76 bits per heavy atom. The monoisotopic (exact) mass is 476 g/mol. The summed E-state index contributed by atoms with van der Waals surface area (Å²) in [5.74, 6) is 0.731. The highest BCUT2D eigenvalue weighted by Crippen LogP contribution is 2.24. The molecule has 0 radical (unpaired) electrons. The van der Waals surface area contributed by atoms with E-state index in [9.17, 15) is 8.42 Å². The predicted octanol–water partition coefficient (Wildman–Crippen LogP) is 3.22. The first-order valence-corrected chi connectivity index (χ1v) is 13.2. The van der Waals surface area contributed by atoms with Gasteiger partial charge in [-0.05, 0) is 55.1 Å². The number of fused-ring (bicyclic) bond motifs is 1. The van der Waals surface area contributed by atoms with E-state index in [2.05, 4.69) is 51.5 Å². The van der Waals surface area contributed by atoms with Crippen molar-refractivity contribution in [2.24, 2.45) is 0 Å². The van der Waals surface area contributed by atoms with E-state index in [4.69, 9.17) is 4.98 Å². The van der Waals surface area contributed by atoms with Crippen molar-refractivity contribution in [3.05, 3.63) is 78.2 Å². The van der Waals surface area contributed by atoms with Crippen molar-refractivity contribution in [3.63, 3.8) is 0 Å². The van der Waals surface area contributed by atoms with Crippen LogP contribution in [-0.4, -0.2) is 67.4 Å². The fourth-order valence-electron chi connectivity index (χ4n) is 4.19. The average molecular weight is 477 g/mol. The maximum Gasteiger partial charge on any atom is 0.179 e. The second-order valence-corrected chi connectivity index (χ2v) is 10.8. The van der Waals surface area contributed by atoms with Crippen molar-refractivity contribution in [2.45, 2.75) is 11.3 Å². The first-order valence-electron chi connectivity index (χ1n) is 11.3. The molecule has 4 aromatic rings. The van der Waals surface area contributed by atoms with E-state index in [1.165, 1.54) is 17.5 Å². The lowest BCUT2D eigenvalue weighted by molar-refractivity contribution is 0.313. The zero-order valence-electron chi connectivity index (χ0n) is 19.3. The van der Waals surface area contributed by atoms with Crippen LogP contribution >= 0.6 is 0 Å². The van der Waals surface area contributed by atoms with Crippen LogP contribution in [0.4, 0.5) is 17.1 Å². The van der Waals surface area contributed by atoms with Gasteiger partial charge in [0.05, 0.1) is 10.6 Å². The normalized spacial score (nSPS) is 15.1. The Hall–Kier alpha value is -3.43. The van der Waals surface area contributed by atoms with Crippen LogP contribution in [0.3, 0.4) is 0 Å². The van der Waals surface area contributed by atoms with Gasteiger partial charge in [-0.15, -0.1) is 0 Å². The SMILES string of the molecule is CN1CCN(c2cccc(Cc3nc4c(Nc5cccc(S(C)(=O)=O)c5)cccn4n3)c2)CC1. The smallest absolute Gasteiger partial charge is 0.179 e. The highest BCUT2D eigenvalue weighted by atomic mass is 32.2. The van der Waals surface area contributed by atoms with E-state index in [1.54, 1.807) is 22.7 Å². The Morgan fingerprint density at radius 3 is 2.56 bits per heavy atom. The molecule has 176 valence electrons. The summed E-state index contributed by atoms with van der Waals surface area (Å²) in [4.78, 5) is 9.82. The van der Waals surface area contributed by atoms with Crippen LogP contribution in [0, 0.1) is 0 Å². The van der Waals surface area contributed by atoms with Crippen molar-refractivity contribution < 1.29 is 8.42 Å². The molecular formula is C25H28N6O2S. The lowest BCUT2D eigenvalue weighted by Crippen LogP contribution is -2.44. The molecule has 1 N–H and O–H groups in total. The third kappa shape index (κ3) is 4.90. The van der Waals surface area contributed by atoms with Crippen LogP contribution in [0.25, 0.3) is 5.65 Å². The molecule has 1 aliphatic heterocycles. The van der Waals surface area contributed by atoms with Gasteiger partial charge in [0.15, 0.2) is 21.3 Å². The molecule has 0 unspecified atom stereocenters. The van der Waals surface area contributed by atoms with Gasteiger partial charge >= 0.3 is 0 Å². The van der Waals surface area contributed by atoms with Gasteiger partial charge < -0.3 is 15.1 Å². The molecule has 3 heterocycles. The Labute approximate surface area is 199 Å². The molecule has 2 aromatic carbocycles. The van der Waals surface area contributed by atoms with Gasteiger partial charge in [-0.1, -0.05) is 18.2 Å². The van der Waals surface area contributed by atoms with E-state index >= 15 is 0 Å². The number of piperazine rings is 1. The van der Waals surface area contributed by atoms with E-state index in [1.807, 2.05) is 24.4 Å². The number of rotatable bonds is 6. The molecule has 5 rings (SSSR count). The van der Waals surface area contributed by atoms with Crippen LogP contribution in [0.1, 0.15) is 11.4 Å². The fraction of sp³-hybridized carbons (Fsp3) is 0.280. The van der Waals surface area contributed by atoms with Crippen LogP contribution in [0.15, 0.2) is 71.8 Å². The molecular weight excluding hydrogens is 448 g/mol. The number of sulfone groups is 1. The third-order valence-electron chi connectivity index (χ3n) is 6.09. The Kier molecular flexibility index (Phi) is 5.97. The lowest BCUT2D eigenvalue weighted by atomic mass is 10.1. The van der Waals surface area contributed by atoms with Crippen LogP contribution < -0.4 is 10.2 Å². The summed E-state index contributed by atoms with van der Waals surface area (Å²) in [5.41, 5.74) is 4.54. The van der Waals surface area contributed by atoms with E-state index < -0.39 is 9.84 Å². The Balaban J connectivity index is 1.38. The maximum atomic E-state index is 11.9. The molecule has 0 aliphatic carbocycles. The van der Waals surface area contributed by atoms with Gasteiger partial charge in [0.2, 0.25) is 0 Å². The molecule has 9 heteroatoms. The summed E-state index contributed by atoms with van der Waals surface area (Å²) in [7, 11) is -1.12. The van der Waals surface area contributed by atoms with Crippen LogP contribution in [0.2, 0.25) is 0 Å². The Bertz CT molecular complexity index is 1420. The second kappa shape index (κ2) is 9.08. The van der Waals surface area contributed by atoms with Crippen molar-refractivity contribution >= 4 is 32.5 Å². The van der Waals surface area contributed by atoms with E-state index in [-0.39, 0.29) is 4.90 Å². The predicted molar refractivity (Wildman–Crippen MR) is 135 cm³/mol. The summed E-state index contributed by atoms with van der Waals surface area (Å²) in [6.07, 6.45) is 3.70. The topological polar surface area (TPSA) is 82.8 Å². The zero-order valence-corrected chi connectivity index (χ0v) is 20.2. The number of benzene rings is 2. The van der Waals surface area contributed by atoms with E-state index in [0.29, 0.717) is 17.8 Å². The molecule has 1 aliphatic rings. The first-order chi connectivity index (χ1) is 16.3. The molecule has 34 heavy (non-hydrogen) atoms. The standard InChI is InChI=1S/C25H28N6O2S/c1-29-12-14-30(15-13-29)21-8-3-6-19(16-21)17-24-27-25-23(10-5-11-31(25)28-24)26-20-7-4-9-22(18-20)34(2,32)33/h3-11,16,18,26H,12-15,17H2,1-2H3. The van der Waals surface area contributed by atoms with Gasteiger partial charge in [0.1, 0.15) is 0 Å². The number of likely N-dealkylation sites (N-methyl/N-ethyl adjacent to an activating group) is 1. The van der Waals surface area contributed by atoms with Crippen molar-refractivity contribution in [3.8, 4) is 0 Å². The minimum absolute atomic E-state index is 0.270. The van der Waals surface area contributed by atoms with Crippen LogP contribution in [0.5, 0.6) is 0 Å². The van der Waals surface area contributed by atoms with Crippen molar-refractivity contribution in [1.82, 2.24) is 19.5 Å². The summed E-state index contributed by atoms with van der Waals surface area (Å²) in [5, 5.41) is 7.96. The minimum Gasteiger partial charge on any atom is -0.369 e. The van der Waals surface area contributed by atoms with Crippen molar-refractivity contribution in [2.75, 3.05) is 49.7 Å². The van der Waals surface area contributed by atoms with Gasteiger partial charge in [0.25, 0.3) is 0 Å². The number of nitrogens with one attached hydrogen (secondary N) is 1. The summed E-state index contributed by atoms with van der Waals surface area (Å²) < 4.78 is 25.6. The highest BCUT2D eigenvalue weighted by Gasteiger charge is 2.15. The second-order valence-electron chi connectivity index (χ2n) is 8.78. The quantitative estimate of drug-likeness (QED) is 0.458.